The Morgan fingerprint density at radius 2 is 1.31 bits per heavy atom. The number of nitrogens with one attached hydrogen (secondary N) is 2. The van der Waals surface area contributed by atoms with E-state index < -0.39 is 0 Å². The number of anilines is 3. The van der Waals surface area contributed by atoms with E-state index in [4.69, 9.17) is 0 Å². The molecule has 2 aromatic rings. The molecule has 2 N–H and O–H groups in total. The Bertz CT molecular complexity index is 861. The third-order valence-corrected chi connectivity index (χ3v) is 4.23. The lowest BCUT2D eigenvalue weighted by Crippen LogP contribution is -2.65. The minimum Gasteiger partial charge on any atom is -0.378 e. The van der Waals surface area contributed by atoms with E-state index in [2.05, 4.69) is 92.6 Å². The van der Waals surface area contributed by atoms with Crippen LogP contribution in [-0.4, -0.2) is 44.2 Å². The lowest BCUT2D eigenvalue weighted by molar-refractivity contribution is -0.462. The Balaban J connectivity index is 1.67. The Morgan fingerprint density at radius 3 is 1.81 bits per heavy atom. The molecule has 26 heavy (non-hydrogen) atoms. The monoisotopic (exact) mass is 346 g/mol. The predicted octanol–water partition coefficient (Wildman–Crippen LogP) is 2.49. The summed E-state index contributed by atoms with van der Waals surface area (Å²) >= 11 is 0. The summed E-state index contributed by atoms with van der Waals surface area (Å²) in [6.45, 7) is 0. The van der Waals surface area contributed by atoms with Crippen molar-refractivity contribution in [3.63, 3.8) is 0 Å². The summed E-state index contributed by atoms with van der Waals surface area (Å²) in [7, 11) is 8.18. The van der Waals surface area contributed by atoms with Gasteiger partial charge in [-0.1, -0.05) is 0 Å². The fourth-order valence-corrected chi connectivity index (χ4v) is 2.66. The van der Waals surface area contributed by atoms with Gasteiger partial charge in [0.25, 0.3) is 0 Å². The van der Waals surface area contributed by atoms with Crippen LogP contribution in [0.25, 0.3) is 0 Å². The average molecular weight is 346 g/mol. The van der Waals surface area contributed by atoms with Crippen LogP contribution in [0.3, 0.4) is 0 Å². The summed E-state index contributed by atoms with van der Waals surface area (Å²) < 4.78 is 2.09. The molecule has 2 aromatic carbocycles. The maximum Gasteiger partial charge on any atom is 0.204 e. The van der Waals surface area contributed by atoms with E-state index >= 15 is 0 Å². The number of allylic oxidation sites excluding steroid dienone is 4. The van der Waals surface area contributed by atoms with Crippen molar-refractivity contribution < 1.29 is 9.57 Å². The molecule has 4 nitrogen and oxygen atoms in total. The van der Waals surface area contributed by atoms with E-state index in [0.29, 0.717) is 0 Å². The molecule has 0 unspecified atom stereocenters. The number of hydrogen-bond acceptors (Lipinski definition) is 2. The Morgan fingerprint density at radius 1 is 0.769 bits per heavy atom. The predicted molar refractivity (Wildman–Crippen MR) is 112 cm³/mol. The maximum absolute atomic E-state index is 3.43. The number of hydrogen-bond donors (Lipinski definition) is 2. The zero-order chi connectivity index (χ0) is 18.5. The van der Waals surface area contributed by atoms with Crippen LogP contribution >= 0.6 is 0 Å². The first kappa shape index (κ1) is 17.7. The van der Waals surface area contributed by atoms with Crippen LogP contribution < -0.4 is 15.2 Å². The molecular weight excluding hydrogens is 320 g/mol. The van der Waals surface area contributed by atoms with Crippen LogP contribution in [0, 0.1) is 0 Å². The van der Waals surface area contributed by atoms with Gasteiger partial charge < -0.3 is 10.2 Å². The first-order chi connectivity index (χ1) is 12.5. The smallest absolute Gasteiger partial charge is 0.204 e. The molecular formula is C22H26N4+2. The molecule has 132 valence electrons. The third-order valence-electron chi connectivity index (χ3n) is 4.23. The van der Waals surface area contributed by atoms with Gasteiger partial charge in [0.2, 0.25) is 11.4 Å². The van der Waals surface area contributed by atoms with Gasteiger partial charge in [-0.25, -0.2) is 9.57 Å². The minimum atomic E-state index is 1.07. The van der Waals surface area contributed by atoms with E-state index in [0.717, 1.165) is 22.8 Å². The quantitative estimate of drug-likeness (QED) is 0.659. The zero-order valence-electron chi connectivity index (χ0n) is 15.8. The summed E-state index contributed by atoms with van der Waals surface area (Å²) in [5, 5.41) is 3.43. The fraction of sp³-hybridized carbons (Fsp3) is 0.182. The number of rotatable bonds is 4. The van der Waals surface area contributed by atoms with E-state index in [1.54, 1.807) is 0 Å². The van der Waals surface area contributed by atoms with Crippen LogP contribution in [-0.2, 0) is 0 Å². The topological polar surface area (TPSA) is 32.2 Å². The van der Waals surface area contributed by atoms with Crippen molar-refractivity contribution in [3.8, 4) is 0 Å². The Hall–Kier alpha value is -3.14. The molecule has 0 radical (unpaired) electrons. The highest BCUT2D eigenvalue weighted by atomic mass is 15.1. The molecule has 0 fully saturated rings. The van der Waals surface area contributed by atoms with E-state index in [-0.39, 0.29) is 0 Å². The van der Waals surface area contributed by atoms with Gasteiger partial charge in [-0.15, -0.1) is 0 Å². The first-order valence-electron chi connectivity index (χ1n) is 8.70. The van der Waals surface area contributed by atoms with Crippen molar-refractivity contribution in [2.45, 2.75) is 0 Å². The van der Waals surface area contributed by atoms with Crippen LogP contribution in [0.15, 0.2) is 72.8 Å². The number of benzene rings is 2. The van der Waals surface area contributed by atoms with Gasteiger partial charge in [-0.05, 0) is 36.4 Å². The molecule has 0 aromatic heterocycles. The summed E-state index contributed by atoms with van der Waals surface area (Å²) in [5.74, 6) is 0. The third kappa shape index (κ3) is 4.48. The molecule has 3 rings (SSSR count). The van der Waals surface area contributed by atoms with E-state index in [9.17, 15) is 0 Å². The second-order valence-corrected chi connectivity index (χ2v) is 6.71. The molecule has 0 bridgehead atoms. The highest BCUT2D eigenvalue weighted by Gasteiger charge is 2.09. The molecule has 0 saturated heterocycles. The highest BCUT2D eigenvalue weighted by molar-refractivity contribution is 6.15. The van der Waals surface area contributed by atoms with Gasteiger partial charge in [0.1, 0.15) is 14.1 Å². The summed E-state index contributed by atoms with van der Waals surface area (Å²) in [5.41, 5.74) is 6.67. The van der Waals surface area contributed by atoms with Gasteiger partial charge in [-0.2, -0.15) is 0 Å². The molecule has 0 atom stereocenters. The van der Waals surface area contributed by atoms with Crippen molar-refractivity contribution in [1.82, 2.24) is 0 Å². The molecule has 0 saturated carbocycles. The highest BCUT2D eigenvalue weighted by Crippen LogP contribution is 2.20. The maximum atomic E-state index is 3.43. The second-order valence-electron chi connectivity index (χ2n) is 6.71. The summed E-state index contributed by atoms with van der Waals surface area (Å²) in [6, 6.07) is 16.7. The van der Waals surface area contributed by atoms with Gasteiger partial charge in [0.15, 0.2) is 5.71 Å². The van der Waals surface area contributed by atoms with E-state index in [1.807, 2.05) is 28.2 Å². The van der Waals surface area contributed by atoms with E-state index in [1.165, 1.54) is 11.4 Å². The van der Waals surface area contributed by atoms with Gasteiger partial charge >= 0.3 is 0 Å². The lowest BCUT2D eigenvalue weighted by atomic mass is 10.1. The SMILES string of the molecule is CN(C)c1ccc(Nc2ccc([NH+]=C3C=CC(=[N+](C)C)C=C3)cc2)cc1. The Labute approximate surface area is 155 Å². The first-order valence-corrected chi connectivity index (χ1v) is 8.70. The normalized spacial score (nSPS) is 12.9. The van der Waals surface area contributed by atoms with Gasteiger partial charge in [0.05, 0.1) is 0 Å². The zero-order valence-corrected chi connectivity index (χ0v) is 15.8. The molecule has 0 aliphatic heterocycles. The van der Waals surface area contributed by atoms with Gasteiger partial charge in [0, 0.05) is 67.6 Å². The van der Waals surface area contributed by atoms with Crippen LogP contribution in [0.4, 0.5) is 22.7 Å². The van der Waals surface area contributed by atoms with Gasteiger partial charge in [-0.3, -0.25) is 0 Å². The van der Waals surface area contributed by atoms with Crippen LogP contribution in [0.2, 0.25) is 0 Å². The van der Waals surface area contributed by atoms with Crippen molar-refractivity contribution in [2.75, 3.05) is 38.4 Å². The summed E-state index contributed by atoms with van der Waals surface area (Å²) in [4.78, 5) is 5.52. The van der Waals surface area contributed by atoms with Crippen LogP contribution in [0.1, 0.15) is 0 Å². The average Bonchev–Trinajstić information content (AvgIpc) is 2.64. The largest absolute Gasteiger partial charge is 0.378 e. The van der Waals surface area contributed by atoms with Crippen molar-refractivity contribution in [3.05, 3.63) is 72.8 Å². The minimum absolute atomic E-state index is 1.07. The summed E-state index contributed by atoms with van der Waals surface area (Å²) in [6.07, 6.45) is 8.40. The molecule has 0 heterocycles. The molecule has 0 amide bonds. The van der Waals surface area contributed by atoms with Crippen molar-refractivity contribution in [1.29, 1.82) is 0 Å². The van der Waals surface area contributed by atoms with Crippen LogP contribution in [0.5, 0.6) is 0 Å². The standard InChI is InChI=1S/C22H24N4/c1-25(2)21-13-9-19(10-14-21)23-17-5-7-18(8-6-17)24-20-11-15-22(16-12-20)26(3)4/h5-16H,1-4H3/p+2. The van der Waals surface area contributed by atoms with Crippen molar-refractivity contribution >= 4 is 34.2 Å². The molecule has 1 aliphatic carbocycles. The Kier molecular flexibility index (Phi) is 5.32. The molecule has 4 heteroatoms. The second kappa shape index (κ2) is 7.83. The number of nitrogens with zero attached hydrogens (tertiary/aromatic N) is 2. The molecule has 1 aliphatic rings. The lowest BCUT2D eigenvalue weighted by Gasteiger charge is -2.13. The molecule has 0 spiro atoms. The van der Waals surface area contributed by atoms with Crippen molar-refractivity contribution in [2.24, 2.45) is 0 Å². The fourth-order valence-electron chi connectivity index (χ4n) is 2.66.